The van der Waals surface area contributed by atoms with E-state index in [0.29, 0.717) is 24.2 Å². The van der Waals surface area contributed by atoms with Gasteiger partial charge in [-0.2, -0.15) is 0 Å². The van der Waals surface area contributed by atoms with Crippen LogP contribution >= 0.6 is 0 Å². The summed E-state index contributed by atoms with van der Waals surface area (Å²) in [4.78, 5) is 0. The van der Waals surface area contributed by atoms with Gasteiger partial charge in [0.25, 0.3) is 0 Å². The van der Waals surface area contributed by atoms with Crippen LogP contribution in [0.3, 0.4) is 0 Å². The van der Waals surface area contributed by atoms with Crippen LogP contribution in [-0.4, -0.2) is 30.6 Å². The largest absolute Gasteiger partial charge is 0.344 e. The van der Waals surface area contributed by atoms with E-state index in [4.69, 9.17) is 9.47 Å². The Bertz CT molecular complexity index is 197. The van der Waals surface area contributed by atoms with Crippen molar-refractivity contribution < 1.29 is 9.47 Å². The fourth-order valence-corrected chi connectivity index (χ4v) is 2.79. The number of hydrogen-bond donors (Lipinski definition) is 1. The lowest BCUT2D eigenvalue weighted by atomic mass is 10.1. The summed E-state index contributed by atoms with van der Waals surface area (Å²) in [6.45, 7) is 5.13. The SMILES string of the molecule is CC1(C)O[C@@H]2[C@H]3CN[C@H](C3)[C@@H]2O1. The number of piperidine rings is 1. The Kier molecular flexibility index (Phi) is 1.23. The van der Waals surface area contributed by atoms with E-state index >= 15 is 0 Å². The second kappa shape index (κ2) is 2.03. The van der Waals surface area contributed by atoms with Crippen LogP contribution in [0.15, 0.2) is 0 Å². The second-order valence-corrected chi connectivity index (χ2v) is 4.58. The van der Waals surface area contributed by atoms with E-state index in [1.54, 1.807) is 0 Å². The normalized spacial score (nSPS) is 54.5. The minimum Gasteiger partial charge on any atom is -0.344 e. The van der Waals surface area contributed by atoms with Gasteiger partial charge in [-0.25, -0.2) is 0 Å². The van der Waals surface area contributed by atoms with Gasteiger partial charge in [0, 0.05) is 18.5 Å². The van der Waals surface area contributed by atoms with E-state index < -0.39 is 0 Å². The predicted molar refractivity (Wildman–Crippen MR) is 43.7 cm³/mol. The molecule has 3 nitrogen and oxygen atoms in total. The zero-order valence-electron chi connectivity index (χ0n) is 7.54. The summed E-state index contributed by atoms with van der Waals surface area (Å²) in [6.07, 6.45) is 1.93. The lowest BCUT2D eigenvalue weighted by Crippen LogP contribution is -2.43. The van der Waals surface area contributed by atoms with Crippen molar-refractivity contribution in [3.8, 4) is 0 Å². The Balaban J connectivity index is 1.87. The first-order valence-electron chi connectivity index (χ1n) is 4.75. The van der Waals surface area contributed by atoms with Gasteiger partial charge in [-0.3, -0.25) is 0 Å². The molecule has 0 amide bonds. The summed E-state index contributed by atoms with van der Waals surface area (Å²) in [5, 5.41) is 3.46. The molecule has 0 unspecified atom stereocenters. The number of hydrogen-bond acceptors (Lipinski definition) is 3. The van der Waals surface area contributed by atoms with Crippen LogP contribution in [-0.2, 0) is 9.47 Å². The zero-order valence-corrected chi connectivity index (χ0v) is 7.54. The summed E-state index contributed by atoms with van der Waals surface area (Å²) < 4.78 is 11.7. The van der Waals surface area contributed by atoms with E-state index in [9.17, 15) is 0 Å². The van der Waals surface area contributed by atoms with Gasteiger partial charge in [-0.05, 0) is 20.3 Å². The first-order chi connectivity index (χ1) is 5.66. The molecule has 0 radical (unpaired) electrons. The predicted octanol–water partition coefficient (Wildman–Crippen LogP) is 0.498. The summed E-state index contributed by atoms with van der Waals surface area (Å²) in [5.41, 5.74) is 0. The van der Waals surface area contributed by atoms with Gasteiger partial charge >= 0.3 is 0 Å². The molecule has 0 spiro atoms. The van der Waals surface area contributed by atoms with E-state index in [0.717, 1.165) is 6.54 Å². The molecule has 1 saturated carbocycles. The molecule has 0 aromatic rings. The van der Waals surface area contributed by atoms with Gasteiger partial charge in [0.1, 0.15) is 6.10 Å². The third-order valence-electron chi connectivity index (χ3n) is 3.22. The van der Waals surface area contributed by atoms with Gasteiger partial charge in [0.2, 0.25) is 0 Å². The molecular weight excluding hydrogens is 154 g/mol. The average Bonchev–Trinajstić information content (AvgIpc) is 2.54. The fourth-order valence-electron chi connectivity index (χ4n) is 2.79. The maximum absolute atomic E-state index is 5.84. The third kappa shape index (κ3) is 0.817. The van der Waals surface area contributed by atoms with Crippen LogP contribution in [0.25, 0.3) is 0 Å². The average molecular weight is 169 g/mol. The van der Waals surface area contributed by atoms with Gasteiger partial charge < -0.3 is 14.8 Å². The smallest absolute Gasteiger partial charge is 0.163 e. The number of ether oxygens (including phenoxy) is 2. The minimum absolute atomic E-state index is 0.318. The van der Waals surface area contributed by atoms with Crippen LogP contribution in [0.2, 0.25) is 0 Å². The summed E-state index contributed by atoms with van der Waals surface area (Å²) in [6, 6.07) is 0.557. The Morgan fingerprint density at radius 2 is 2.00 bits per heavy atom. The molecule has 3 aliphatic rings. The molecule has 0 aromatic heterocycles. The Morgan fingerprint density at radius 1 is 1.25 bits per heavy atom. The molecule has 2 aliphatic heterocycles. The fraction of sp³-hybridized carbons (Fsp3) is 1.00. The molecule has 3 fully saturated rings. The van der Waals surface area contributed by atoms with Crippen molar-refractivity contribution in [3.63, 3.8) is 0 Å². The topological polar surface area (TPSA) is 30.5 Å². The standard InChI is InChI=1S/C9H15NO2/c1-9(2)11-7-5-3-6(10-4-5)8(7)12-9/h5-8,10H,3-4H2,1-2H3/t5-,6-,7-,8+/m1/s1. The van der Waals surface area contributed by atoms with Crippen molar-refractivity contribution in [2.24, 2.45) is 5.92 Å². The van der Waals surface area contributed by atoms with Crippen LogP contribution in [0.5, 0.6) is 0 Å². The lowest BCUT2D eigenvalue weighted by Gasteiger charge is -2.21. The first kappa shape index (κ1) is 7.30. The highest BCUT2D eigenvalue weighted by Crippen LogP contribution is 2.44. The van der Waals surface area contributed by atoms with Crippen molar-refractivity contribution in [1.29, 1.82) is 0 Å². The Morgan fingerprint density at radius 3 is 2.75 bits per heavy atom. The lowest BCUT2D eigenvalue weighted by molar-refractivity contribution is -0.154. The van der Waals surface area contributed by atoms with Crippen molar-refractivity contribution in [3.05, 3.63) is 0 Å². The van der Waals surface area contributed by atoms with Crippen LogP contribution < -0.4 is 5.32 Å². The highest BCUT2D eigenvalue weighted by molar-refractivity contribution is 5.06. The van der Waals surface area contributed by atoms with Gasteiger partial charge in [0.15, 0.2) is 5.79 Å². The summed E-state index contributed by atoms with van der Waals surface area (Å²) >= 11 is 0. The van der Waals surface area contributed by atoms with Gasteiger partial charge in [-0.1, -0.05) is 0 Å². The third-order valence-corrected chi connectivity index (χ3v) is 3.22. The van der Waals surface area contributed by atoms with Gasteiger partial charge in [0.05, 0.1) is 6.10 Å². The van der Waals surface area contributed by atoms with Crippen molar-refractivity contribution in [2.45, 2.75) is 44.3 Å². The second-order valence-electron chi connectivity index (χ2n) is 4.58. The van der Waals surface area contributed by atoms with Crippen molar-refractivity contribution in [1.82, 2.24) is 5.32 Å². The van der Waals surface area contributed by atoms with Crippen molar-refractivity contribution >= 4 is 0 Å². The van der Waals surface area contributed by atoms with Crippen molar-refractivity contribution in [2.75, 3.05) is 6.54 Å². The Hall–Kier alpha value is -0.120. The molecular formula is C9H15NO2. The molecule has 4 atom stereocenters. The monoisotopic (exact) mass is 169 g/mol. The number of rotatable bonds is 0. The Labute approximate surface area is 72.4 Å². The first-order valence-corrected chi connectivity index (χ1v) is 4.75. The van der Waals surface area contributed by atoms with E-state index in [2.05, 4.69) is 5.32 Å². The van der Waals surface area contributed by atoms with Crippen LogP contribution in [0.4, 0.5) is 0 Å². The van der Waals surface area contributed by atoms with E-state index in [1.807, 2.05) is 13.8 Å². The molecule has 1 N–H and O–H groups in total. The molecule has 3 rings (SSSR count). The zero-order chi connectivity index (χ0) is 8.34. The molecule has 2 bridgehead atoms. The molecule has 3 heteroatoms. The number of nitrogens with one attached hydrogen (secondary N) is 1. The van der Waals surface area contributed by atoms with Crippen LogP contribution in [0, 0.1) is 5.92 Å². The maximum atomic E-state index is 5.84. The molecule has 68 valence electrons. The summed E-state index contributed by atoms with van der Waals surface area (Å²) in [7, 11) is 0. The maximum Gasteiger partial charge on any atom is 0.163 e. The molecule has 2 saturated heterocycles. The molecule has 0 aromatic carbocycles. The minimum atomic E-state index is -0.349. The number of fused-ring (bicyclic) bond motifs is 5. The molecule has 1 aliphatic carbocycles. The summed E-state index contributed by atoms with van der Waals surface area (Å²) in [5.74, 6) is 0.347. The van der Waals surface area contributed by atoms with Crippen LogP contribution in [0.1, 0.15) is 20.3 Å². The highest BCUT2D eigenvalue weighted by atomic mass is 16.8. The van der Waals surface area contributed by atoms with E-state index in [1.165, 1.54) is 6.42 Å². The highest BCUT2D eigenvalue weighted by Gasteiger charge is 2.56. The molecule has 12 heavy (non-hydrogen) atoms. The van der Waals surface area contributed by atoms with Gasteiger partial charge in [-0.15, -0.1) is 0 Å². The van der Waals surface area contributed by atoms with E-state index in [-0.39, 0.29) is 5.79 Å². The quantitative estimate of drug-likeness (QED) is 0.572. The molecule has 2 heterocycles.